The van der Waals surface area contributed by atoms with Gasteiger partial charge in [0, 0.05) is 24.1 Å². The molecule has 2 rings (SSSR count). The minimum Gasteiger partial charge on any atom is -0.329 e. The first kappa shape index (κ1) is 8.13. The van der Waals surface area contributed by atoms with Crippen molar-refractivity contribution >= 4 is 11.8 Å². The van der Waals surface area contributed by atoms with Crippen LogP contribution in [0.1, 0.15) is 24.4 Å². The third-order valence-corrected chi connectivity index (χ3v) is 3.23. The zero-order valence-electron chi connectivity index (χ0n) is 7.16. The van der Waals surface area contributed by atoms with E-state index in [0.29, 0.717) is 12.6 Å². The molecular weight excluding hydrogens is 170 g/mol. The highest BCUT2D eigenvalue weighted by molar-refractivity contribution is 7.98. The van der Waals surface area contributed by atoms with Crippen LogP contribution in [-0.4, -0.2) is 16.1 Å². The van der Waals surface area contributed by atoms with E-state index in [1.54, 1.807) is 0 Å². The van der Waals surface area contributed by atoms with Gasteiger partial charge in [-0.15, -0.1) is 11.8 Å². The van der Waals surface area contributed by atoms with Crippen LogP contribution >= 0.6 is 11.8 Å². The third-order valence-electron chi connectivity index (χ3n) is 2.28. The Kier molecular flexibility index (Phi) is 2.11. The van der Waals surface area contributed by atoms with Gasteiger partial charge in [0.2, 0.25) is 0 Å². The minimum atomic E-state index is 0.389. The van der Waals surface area contributed by atoms with E-state index in [0.717, 1.165) is 11.5 Å². The summed E-state index contributed by atoms with van der Waals surface area (Å²) in [4.78, 5) is 4.35. The van der Waals surface area contributed by atoms with Gasteiger partial charge in [0.15, 0.2) is 0 Å². The van der Waals surface area contributed by atoms with E-state index >= 15 is 0 Å². The summed E-state index contributed by atoms with van der Waals surface area (Å²) in [7, 11) is 0. The SMILES string of the molecule is CC(CN)n1cnc2c1CSC2. The highest BCUT2D eigenvalue weighted by Gasteiger charge is 2.18. The van der Waals surface area contributed by atoms with Gasteiger partial charge in [-0.1, -0.05) is 0 Å². The molecule has 1 aliphatic rings. The highest BCUT2D eigenvalue weighted by Crippen LogP contribution is 2.29. The lowest BCUT2D eigenvalue weighted by Gasteiger charge is -2.12. The van der Waals surface area contributed by atoms with Gasteiger partial charge in [-0.2, -0.15) is 0 Å². The maximum absolute atomic E-state index is 5.60. The smallest absolute Gasteiger partial charge is 0.0955 e. The molecule has 0 aliphatic carbocycles. The quantitative estimate of drug-likeness (QED) is 0.748. The predicted octanol–water partition coefficient (Wildman–Crippen LogP) is 1.15. The number of hydrogen-bond donors (Lipinski definition) is 1. The van der Waals surface area contributed by atoms with Crippen LogP contribution in [0.3, 0.4) is 0 Å². The van der Waals surface area contributed by atoms with E-state index in [2.05, 4.69) is 16.5 Å². The normalized spacial score (nSPS) is 17.8. The summed E-state index contributed by atoms with van der Waals surface area (Å²) < 4.78 is 2.20. The molecule has 66 valence electrons. The van der Waals surface area contributed by atoms with Crippen molar-refractivity contribution in [2.45, 2.75) is 24.5 Å². The van der Waals surface area contributed by atoms with Gasteiger partial charge in [-0.25, -0.2) is 4.98 Å². The van der Waals surface area contributed by atoms with Gasteiger partial charge < -0.3 is 10.3 Å². The first-order valence-electron chi connectivity index (χ1n) is 4.15. The van der Waals surface area contributed by atoms with Crippen LogP contribution < -0.4 is 5.73 Å². The predicted molar refractivity (Wildman–Crippen MR) is 51.0 cm³/mol. The van der Waals surface area contributed by atoms with Crippen molar-refractivity contribution in [3.8, 4) is 0 Å². The van der Waals surface area contributed by atoms with E-state index in [-0.39, 0.29) is 0 Å². The Bertz CT molecular complexity index is 282. The van der Waals surface area contributed by atoms with Gasteiger partial charge in [0.25, 0.3) is 0 Å². The minimum absolute atomic E-state index is 0.389. The molecule has 2 N–H and O–H groups in total. The summed E-state index contributed by atoms with van der Waals surface area (Å²) in [6.07, 6.45) is 1.92. The number of rotatable bonds is 2. The van der Waals surface area contributed by atoms with E-state index in [1.165, 1.54) is 11.4 Å². The van der Waals surface area contributed by atoms with Gasteiger partial charge in [0.05, 0.1) is 17.7 Å². The first-order valence-corrected chi connectivity index (χ1v) is 5.30. The van der Waals surface area contributed by atoms with Gasteiger partial charge >= 0.3 is 0 Å². The molecule has 1 aromatic heterocycles. The molecule has 0 saturated heterocycles. The van der Waals surface area contributed by atoms with Crippen LogP contribution in [0.2, 0.25) is 0 Å². The van der Waals surface area contributed by atoms with Crippen molar-refractivity contribution in [1.82, 2.24) is 9.55 Å². The fourth-order valence-corrected chi connectivity index (χ4v) is 2.49. The molecule has 12 heavy (non-hydrogen) atoms. The summed E-state index contributed by atoms with van der Waals surface area (Å²) in [5, 5.41) is 0. The van der Waals surface area contributed by atoms with Crippen molar-refractivity contribution in [2.75, 3.05) is 6.54 Å². The van der Waals surface area contributed by atoms with Gasteiger partial charge in [0.1, 0.15) is 0 Å². The van der Waals surface area contributed by atoms with Crippen LogP contribution in [0.15, 0.2) is 6.33 Å². The number of fused-ring (bicyclic) bond motifs is 1. The van der Waals surface area contributed by atoms with Crippen LogP contribution in [0.5, 0.6) is 0 Å². The molecular formula is C8H13N3S. The molecule has 1 aromatic rings. The van der Waals surface area contributed by atoms with E-state index in [4.69, 9.17) is 5.73 Å². The molecule has 3 nitrogen and oxygen atoms in total. The first-order chi connectivity index (χ1) is 5.83. The Morgan fingerprint density at radius 3 is 3.33 bits per heavy atom. The van der Waals surface area contributed by atoms with Crippen molar-refractivity contribution in [2.24, 2.45) is 5.73 Å². The zero-order valence-corrected chi connectivity index (χ0v) is 7.97. The molecule has 0 saturated carbocycles. The Morgan fingerprint density at radius 1 is 1.75 bits per heavy atom. The van der Waals surface area contributed by atoms with E-state index in [9.17, 15) is 0 Å². The van der Waals surface area contributed by atoms with Crippen LogP contribution in [-0.2, 0) is 11.5 Å². The largest absolute Gasteiger partial charge is 0.329 e. The van der Waals surface area contributed by atoms with Crippen molar-refractivity contribution in [1.29, 1.82) is 0 Å². The number of aromatic nitrogens is 2. The van der Waals surface area contributed by atoms with Crippen molar-refractivity contribution in [3.63, 3.8) is 0 Å². The topological polar surface area (TPSA) is 43.8 Å². The standard InChI is InChI=1S/C8H13N3S/c1-6(2-9)11-5-10-7-3-12-4-8(7)11/h5-6H,2-4,9H2,1H3. The molecule has 0 bridgehead atoms. The summed E-state index contributed by atoms with van der Waals surface area (Å²) in [5.41, 5.74) is 8.23. The second-order valence-electron chi connectivity index (χ2n) is 3.12. The van der Waals surface area contributed by atoms with Crippen molar-refractivity contribution < 1.29 is 0 Å². The molecule has 0 fully saturated rings. The Hall–Kier alpha value is -0.480. The van der Waals surface area contributed by atoms with Gasteiger partial charge in [-0.05, 0) is 6.92 Å². The molecule has 0 radical (unpaired) electrons. The molecule has 2 heterocycles. The molecule has 0 amide bonds. The second-order valence-corrected chi connectivity index (χ2v) is 4.11. The summed E-state index contributed by atoms with van der Waals surface area (Å²) in [6.45, 7) is 2.82. The zero-order chi connectivity index (χ0) is 8.55. The van der Waals surface area contributed by atoms with Crippen LogP contribution in [0, 0.1) is 0 Å². The molecule has 4 heteroatoms. The lowest BCUT2D eigenvalue weighted by Crippen LogP contribution is -2.16. The van der Waals surface area contributed by atoms with Crippen molar-refractivity contribution in [3.05, 3.63) is 17.7 Å². The average molecular weight is 183 g/mol. The Balaban J connectivity index is 2.33. The molecule has 0 aromatic carbocycles. The number of thioether (sulfide) groups is 1. The summed E-state index contributed by atoms with van der Waals surface area (Å²) in [5.74, 6) is 2.17. The molecule has 1 unspecified atom stereocenters. The maximum Gasteiger partial charge on any atom is 0.0955 e. The van der Waals surface area contributed by atoms with E-state index < -0.39 is 0 Å². The second kappa shape index (κ2) is 3.11. The average Bonchev–Trinajstić information content (AvgIpc) is 2.62. The van der Waals surface area contributed by atoms with E-state index in [1.807, 2.05) is 18.1 Å². The Labute approximate surface area is 76.4 Å². The van der Waals surface area contributed by atoms with Gasteiger partial charge in [-0.3, -0.25) is 0 Å². The number of nitrogens with zero attached hydrogens (tertiary/aromatic N) is 2. The third kappa shape index (κ3) is 1.15. The monoisotopic (exact) mass is 183 g/mol. The maximum atomic E-state index is 5.60. The van der Waals surface area contributed by atoms with Crippen LogP contribution in [0.4, 0.5) is 0 Å². The lowest BCUT2D eigenvalue weighted by atomic mass is 10.3. The number of nitrogens with two attached hydrogens (primary N) is 1. The Morgan fingerprint density at radius 2 is 2.58 bits per heavy atom. The fourth-order valence-electron chi connectivity index (χ4n) is 1.44. The summed E-state index contributed by atoms with van der Waals surface area (Å²) in [6, 6.07) is 0.389. The van der Waals surface area contributed by atoms with Crippen LogP contribution in [0.25, 0.3) is 0 Å². The number of imidazole rings is 1. The lowest BCUT2D eigenvalue weighted by molar-refractivity contribution is 0.545. The molecule has 1 atom stereocenters. The molecule has 0 spiro atoms. The summed E-state index contributed by atoms with van der Waals surface area (Å²) >= 11 is 1.93. The highest BCUT2D eigenvalue weighted by atomic mass is 32.2. The molecule has 1 aliphatic heterocycles. The number of hydrogen-bond acceptors (Lipinski definition) is 3. The fraction of sp³-hybridized carbons (Fsp3) is 0.625.